The predicted octanol–water partition coefficient (Wildman–Crippen LogP) is 3.11. The molecule has 13 nitrogen and oxygen atoms in total. The Morgan fingerprint density at radius 2 is 1.56 bits per heavy atom. The molecule has 0 radical (unpaired) electrons. The average molecular weight is 688 g/mol. The fraction of sp³-hybridized carbons (Fsp3) is 0.568. The number of aromatic nitrogens is 2. The number of nitrogens with one attached hydrogen (secondary N) is 1. The number of imidazole rings is 1. The van der Waals surface area contributed by atoms with Crippen molar-refractivity contribution in [3.8, 4) is 0 Å². The monoisotopic (exact) mass is 687 g/mol. The molecule has 0 unspecified atom stereocenters. The third kappa shape index (κ3) is 6.85. The van der Waals surface area contributed by atoms with Crippen molar-refractivity contribution < 1.29 is 23.9 Å². The maximum Gasteiger partial charge on any atom is 0.410 e. The van der Waals surface area contributed by atoms with Crippen LogP contribution in [0.1, 0.15) is 42.4 Å². The van der Waals surface area contributed by atoms with Gasteiger partial charge in [-0.05, 0) is 67.9 Å². The second-order valence-corrected chi connectivity index (χ2v) is 14.2. The Kier molecular flexibility index (Phi) is 9.87. The van der Waals surface area contributed by atoms with Gasteiger partial charge in [0, 0.05) is 84.1 Å². The van der Waals surface area contributed by atoms with Crippen LogP contribution in [-0.4, -0.2) is 124 Å². The largest absolute Gasteiger partial charge is 0.436 e. The average Bonchev–Trinajstić information content (AvgIpc) is 3.25. The van der Waals surface area contributed by atoms with E-state index >= 15 is 0 Å². The third-order valence-electron chi connectivity index (χ3n) is 11.2. The molecule has 7 rings (SSSR count). The second kappa shape index (κ2) is 14.5. The van der Waals surface area contributed by atoms with Crippen LogP contribution in [0.5, 0.6) is 0 Å². The van der Waals surface area contributed by atoms with Gasteiger partial charge in [-0.25, -0.2) is 14.4 Å². The van der Waals surface area contributed by atoms with Gasteiger partial charge in [-0.3, -0.25) is 18.8 Å². The molecule has 2 aromatic carbocycles. The molecule has 50 heavy (non-hydrogen) atoms. The fourth-order valence-corrected chi connectivity index (χ4v) is 8.35. The number of para-hydroxylation sites is 1. The quantitative estimate of drug-likeness (QED) is 0.423. The lowest BCUT2D eigenvalue weighted by molar-refractivity contribution is -0.142. The number of aryl methyl sites for hydroxylation is 3. The van der Waals surface area contributed by atoms with Gasteiger partial charge < -0.3 is 29.5 Å². The Balaban J connectivity index is 1.04. The zero-order valence-electron chi connectivity index (χ0n) is 29.4. The van der Waals surface area contributed by atoms with E-state index < -0.39 is 12.2 Å². The van der Waals surface area contributed by atoms with Gasteiger partial charge in [0.2, 0.25) is 0 Å². The van der Waals surface area contributed by atoms with Crippen LogP contribution < -0.4 is 11.0 Å². The summed E-state index contributed by atoms with van der Waals surface area (Å²) in [5, 5.41) is 3.05. The summed E-state index contributed by atoms with van der Waals surface area (Å²) in [5.74, 6) is -0.186. The smallest absolute Gasteiger partial charge is 0.410 e. The van der Waals surface area contributed by atoms with Crippen LogP contribution in [0.15, 0.2) is 41.2 Å². The van der Waals surface area contributed by atoms with Crippen molar-refractivity contribution in [2.45, 2.75) is 63.6 Å². The number of carbonyl (C=O) groups excluding carboxylic acids is 3. The van der Waals surface area contributed by atoms with Gasteiger partial charge in [-0.2, -0.15) is 0 Å². The molecule has 1 aromatic heterocycles. The van der Waals surface area contributed by atoms with Gasteiger partial charge in [-0.15, -0.1) is 0 Å². The number of hydrogen-bond donors (Lipinski definition) is 1. The van der Waals surface area contributed by atoms with Crippen molar-refractivity contribution in [3.05, 3.63) is 63.6 Å². The first-order valence-electron chi connectivity index (χ1n) is 18.0. The number of urea groups is 1. The van der Waals surface area contributed by atoms with E-state index in [0.29, 0.717) is 51.6 Å². The van der Waals surface area contributed by atoms with Crippen LogP contribution >= 0.6 is 0 Å². The van der Waals surface area contributed by atoms with Crippen LogP contribution in [0.25, 0.3) is 11.0 Å². The van der Waals surface area contributed by atoms with Crippen molar-refractivity contribution in [3.63, 3.8) is 0 Å². The number of piperidine rings is 2. The normalized spacial score (nSPS) is 20.4. The van der Waals surface area contributed by atoms with E-state index in [-0.39, 0.29) is 30.1 Å². The predicted molar refractivity (Wildman–Crippen MR) is 189 cm³/mol. The zero-order chi connectivity index (χ0) is 34.9. The topological polar surface area (TPSA) is 122 Å². The minimum Gasteiger partial charge on any atom is -0.436 e. The molecule has 3 saturated heterocycles. The lowest BCUT2D eigenvalue weighted by Gasteiger charge is -2.41. The first kappa shape index (κ1) is 34.1. The molecule has 1 atom stereocenters. The highest BCUT2D eigenvalue weighted by Crippen LogP contribution is 2.27. The molecule has 0 bridgehead atoms. The van der Waals surface area contributed by atoms with Crippen molar-refractivity contribution in [2.75, 3.05) is 64.3 Å². The number of rotatable bonds is 6. The first-order valence-corrected chi connectivity index (χ1v) is 18.0. The summed E-state index contributed by atoms with van der Waals surface area (Å²) < 4.78 is 14.9. The summed E-state index contributed by atoms with van der Waals surface area (Å²) in [5.41, 5.74) is 5.23. The molecule has 5 heterocycles. The second-order valence-electron chi connectivity index (χ2n) is 14.2. The Morgan fingerprint density at radius 3 is 2.30 bits per heavy atom. The maximum absolute atomic E-state index is 14.2. The fourth-order valence-electron chi connectivity index (χ4n) is 8.35. The number of hydrogen-bond acceptors (Lipinski definition) is 7. The minimum atomic E-state index is -1.01. The number of fused-ring (bicyclic) bond motifs is 2. The van der Waals surface area contributed by atoms with E-state index in [2.05, 4.69) is 10.2 Å². The van der Waals surface area contributed by atoms with Gasteiger partial charge in [-0.1, -0.05) is 24.3 Å². The van der Waals surface area contributed by atoms with E-state index in [9.17, 15) is 19.2 Å². The lowest BCUT2D eigenvalue weighted by atomic mass is 10.00. The molecule has 0 aliphatic carbocycles. The molecule has 3 fully saturated rings. The Labute approximate surface area is 292 Å². The Hall–Kier alpha value is -4.36. The molecular weight excluding hydrogens is 638 g/mol. The summed E-state index contributed by atoms with van der Waals surface area (Å²) in [7, 11) is 3.50. The van der Waals surface area contributed by atoms with Crippen LogP contribution in [0.2, 0.25) is 0 Å². The Morgan fingerprint density at radius 1 is 0.880 bits per heavy atom. The third-order valence-corrected chi connectivity index (χ3v) is 11.2. The van der Waals surface area contributed by atoms with E-state index in [1.54, 1.807) is 28.1 Å². The summed E-state index contributed by atoms with van der Waals surface area (Å²) in [6, 6.07) is 12.1. The van der Waals surface area contributed by atoms with Gasteiger partial charge >= 0.3 is 17.8 Å². The molecule has 4 aliphatic rings. The standard InChI is InChI=1S/C37H49N7O6/c1-25-22-26(23-31-33(25)40(3)36(47)39(31)2)24-32(34(45)42-13-9-28(10-14-42)41-18-20-49-21-19-41)50-37(48)43-15-11-29(12-16-43)44-17-8-27-6-4-5-7-30(27)38-35(44)46/h4-7,22-23,28-29,32H,8-21,24H2,1-3H3,(H,38,46)/t32-/m1/s1. The van der Waals surface area contributed by atoms with Crippen LogP contribution in [0, 0.1) is 6.92 Å². The number of ether oxygens (including phenoxy) is 2. The lowest BCUT2D eigenvalue weighted by Crippen LogP contribution is -2.53. The molecule has 3 aromatic rings. The van der Waals surface area contributed by atoms with Gasteiger partial charge in [0.05, 0.1) is 24.2 Å². The van der Waals surface area contributed by atoms with Crippen LogP contribution in [-0.2, 0) is 41.2 Å². The number of amides is 4. The number of likely N-dealkylation sites (tertiary alicyclic amines) is 2. The highest BCUT2D eigenvalue weighted by molar-refractivity contribution is 5.91. The van der Waals surface area contributed by atoms with Gasteiger partial charge in [0.15, 0.2) is 6.10 Å². The zero-order valence-corrected chi connectivity index (χ0v) is 29.4. The summed E-state index contributed by atoms with van der Waals surface area (Å²) in [6.07, 6.45) is 2.45. The minimum absolute atomic E-state index is 0.00535. The molecule has 1 N–H and O–H groups in total. The highest BCUT2D eigenvalue weighted by atomic mass is 16.6. The molecular formula is C37H49N7O6. The number of nitrogens with zero attached hydrogens (tertiary/aromatic N) is 6. The van der Waals surface area contributed by atoms with Crippen LogP contribution in [0.4, 0.5) is 15.3 Å². The van der Waals surface area contributed by atoms with Gasteiger partial charge in [0.25, 0.3) is 5.91 Å². The number of morpholine rings is 1. The Bertz CT molecular complexity index is 1800. The molecule has 4 amide bonds. The van der Waals surface area contributed by atoms with Crippen molar-refractivity contribution in [2.24, 2.45) is 14.1 Å². The van der Waals surface area contributed by atoms with E-state index in [1.165, 1.54) is 0 Å². The van der Waals surface area contributed by atoms with Gasteiger partial charge in [0.1, 0.15) is 0 Å². The van der Waals surface area contributed by atoms with Crippen LogP contribution in [0.3, 0.4) is 0 Å². The van der Waals surface area contributed by atoms with Crippen molar-refractivity contribution in [1.29, 1.82) is 0 Å². The number of carbonyl (C=O) groups is 3. The van der Waals surface area contributed by atoms with Crippen molar-refractivity contribution in [1.82, 2.24) is 28.7 Å². The van der Waals surface area contributed by atoms with E-state index in [0.717, 1.165) is 79.0 Å². The molecule has 13 heteroatoms. The number of benzene rings is 2. The highest BCUT2D eigenvalue weighted by Gasteiger charge is 2.36. The summed E-state index contributed by atoms with van der Waals surface area (Å²) in [6.45, 7) is 7.96. The molecule has 268 valence electrons. The van der Waals surface area contributed by atoms with Crippen molar-refractivity contribution >= 4 is 34.8 Å². The maximum atomic E-state index is 14.2. The van der Waals surface area contributed by atoms with E-state index in [4.69, 9.17) is 9.47 Å². The molecule has 0 saturated carbocycles. The summed E-state index contributed by atoms with van der Waals surface area (Å²) >= 11 is 0. The SMILES string of the molecule is Cc1cc(C[C@@H](OC(=O)N2CCC(N3CCc4ccccc4NC3=O)CC2)C(=O)N2CCC(N3CCOCC3)CC2)cc2c1n(C)c(=O)n2C. The number of anilines is 1. The first-order chi connectivity index (χ1) is 24.2. The molecule has 4 aliphatic heterocycles. The van der Waals surface area contributed by atoms with E-state index in [1.807, 2.05) is 53.1 Å². The summed E-state index contributed by atoms with van der Waals surface area (Å²) in [4.78, 5) is 61.7. The molecule has 0 spiro atoms.